The zero-order valence-corrected chi connectivity index (χ0v) is 13.5. The molecule has 0 saturated carbocycles. The normalized spacial score (nSPS) is 13.4. The van der Waals surface area contributed by atoms with Gasteiger partial charge in [-0.3, -0.25) is 5.10 Å². The van der Waals surface area contributed by atoms with Gasteiger partial charge in [-0.25, -0.2) is 15.0 Å². The molecule has 8 heteroatoms. The van der Waals surface area contributed by atoms with Crippen molar-refractivity contribution in [2.24, 2.45) is 0 Å². The van der Waals surface area contributed by atoms with Crippen LogP contribution in [0.5, 0.6) is 5.88 Å². The highest BCUT2D eigenvalue weighted by atomic mass is 35.5. The first-order chi connectivity index (χ1) is 11.1. The van der Waals surface area contributed by atoms with Crippen LogP contribution >= 0.6 is 11.6 Å². The van der Waals surface area contributed by atoms with E-state index in [0.29, 0.717) is 30.0 Å². The first-order valence-electron chi connectivity index (χ1n) is 7.41. The zero-order chi connectivity index (χ0) is 16.0. The fraction of sp³-hybridized carbons (Fsp3) is 0.333. The highest BCUT2D eigenvalue weighted by Crippen LogP contribution is 2.32. The standard InChI is InChI=1S/C15H15ClN6O/c1-8(2)12-19-13(21-20-12)10-7-22-5-6-23-15-9(14(22)17-10)3-4-11(16)18-15/h3-4,7-8H,5-6H2,1-2H3,(H,19,20,21). The molecule has 0 atom stereocenters. The quantitative estimate of drug-likeness (QED) is 0.731. The lowest BCUT2D eigenvalue weighted by atomic mass is 10.2. The molecule has 1 aliphatic rings. The van der Waals surface area contributed by atoms with Crippen LogP contribution in [-0.4, -0.2) is 36.3 Å². The molecule has 0 amide bonds. The van der Waals surface area contributed by atoms with E-state index in [0.717, 1.165) is 22.9 Å². The number of hydrogen-bond acceptors (Lipinski definition) is 5. The maximum Gasteiger partial charge on any atom is 0.226 e. The lowest BCUT2D eigenvalue weighted by Gasteiger charge is -2.04. The van der Waals surface area contributed by atoms with E-state index in [1.807, 2.05) is 16.8 Å². The number of hydrogen-bond donors (Lipinski definition) is 1. The topological polar surface area (TPSA) is 81.5 Å². The molecular formula is C15H15ClN6O. The molecule has 0 saturated heterocycles. The van der Waals surface area contributed by atoms with E-state index in [1.165, 1.54) is 0 Å². The van der Waals surface area contributed by atoms with Crippen molar-refractivity contribution in [1.82, 2.24) is 29.7 Å². The van der Waals surface area contributed by atoms with E-state index in [9.17, 15) is 0 Å². The van der Waals surface area contributed by atoms with Crippen LogP contribution < -0.4 is 4.74 Å². The average Bonchev–Trinajstić information content (AvgIpc) is 3.12. The third-order valence-corrected chi connectivity index (χ3v) is 3.89. The third-order valence-electron chi connectivity index (χ3n) is 3.68. The molecule has 0 bridgehead atoms. The van der Waals surface area contributed by atoms with E-state index in [-0.39, 0.29) is 5.92 Å². The van der Waals surface area contributed by atoms with E-state index >= 15 is 0 Å². The number of imidazole rings is 1. The van der Waals surface area contributed by atoms with Crippen LogP contribution in [0.1, 0.15) is 25.6 Å². The van der Waals surface area contributed by atoms with Crippen molar-refractivity contribution < 1.29 is 4.74 Å². The number of fused-ring (bicyclic) bond motifs is 3. The molecule has 0 radical (unpaired) electrons. The van der Waals surface area contributed by atoms with Crippen molar-refractivity contribution >= 4 is 11.6 Å². The minimum absolute atomic E-state index is 0.265. The summed E-state index contributed by atoms with van der Waals surface area (Å²) >= 11 is 5.95. The third kappa shape index (κ3) is 2.46. The fourth-order valence-electron chi connectivity index (χ4n) is 2.50. The molecule has 118 valence electrons. The summed E-state index contributed by atoms with van der Waals surface area (Å²) in [5.41, 5.74) is 1.57. The van der Waals surface area contributed by atoms with Crippen molar-refractivity contribution in [1.29, 1.82) is 0 Å². The Morgan fingerprint density at radius 1 is 1.26 bits per heavy atom. The van der Waals surface area contributed by atoms with Gasteiger partial charge in [0.15, 0.2) is 11.6 Å². The second kappa shape index (κ2) is 5.34. The van der Waals surface area contributed by atoms with Gasteiger partial charge < -0.3 is 9.30 Å². The van der Waals surface area contributed by atoms with Crippen molar-refractivity contribution in [3.05, 3.63) is 29.3 Å². The molecule has 0 aliphatic carbocycles. The highest BCUT2D eigenvalue weighted by molar-refractivity contribution is 6.29. The Kier molecular flexibility index (Phi) is 3.30. The van der Waals surface area contributed by atoms with Crippen molar-refractivity contribution in [2.45, 2.75) is 26.3 Å². The molecular weight excluding hydrogens is 316 g/mol. The Balaban J connectivity index is 1.80. The number of H-pyrrole nitrogens is 1. The van der Waals surface area contributed by atoms with Crippen molar-refractivity contribution in [3.8, 4) is 28.8 Å². The van der Waals surface area contributed by atoms with Crippen LogP contribution in [-0.2, 0) is 6.54 Å². The minimum atomic E-state index is 0.265. The highest BCUT2D eigenvalue weighted by Gasteiger charge is 2.21. The molecule has 23 heavy (non-hydrogen) atoms. The molecule has 3 aromatic rings. The van der Waals surface area contributed by atoms with Gasteiger partial charge in [0.05, 0.1) is 12.1 Å². The lowest BCUT2D eigenvalue weighted by Crippen LogP contribution is -2.04. The van der Waals surface area contributed by atoms with Crippen LogP contribution in [0.15, 0.2) is 18.3 Å². The second-order valence-corrected chi connectivity index (χ2v) is 6.06. The molecule has 4 rings (SSSR count). The summed E-state index contributed by atoms with van der Waals surface area (Å²) in [4.78, 5) is 13.4. The molecule has 3 aromatic heterocycles. The lowest BCUT2D eigenvalue weighted by molar-refractivity contribution is 0.296. The molecule has 0 spiro atoms. The Morgan fingerprint density at radius 3 is 2.91 bits per heavy atom. The maximum atomic E-state index is 5.95. The van der Waals surface area contributed by atoms with Gasteiger partial charge in [-0.05, 0) is 12.1 Å². The Hall–Kier alpha value is -2.41. The summed E-state index contributed by atoms with van der Waals surface area (Å²) < 4.78 is 7.70. The first-order valence-corrected chi connectivity index (χ1v) is 7.79. The predicted molar refractivity (Wildman–Crippen MR) is 85.4 cm³/mol. The largest absolute Gasteiger partial charge is 0.475 e. The van der Waals surface area contributed by atoms with Crippen molar-refractivity contribution in [3.63, 3.8) is 0 Å². The van der Waals surface area contributed by atoms with Gasteiger partial charge in [0, 0.05) is 12.1 Å². The van der Waals surface area contributed by atoms with Gasteiger partial charge in [0.25, 0.3) is 0 Å². The number of pyridine rings is 1. The fourth-order valence-corrected chi connectivity index (χ4v) is 2.64. The Morgan fingerprint density at radius 2 is 2.13 bits per heavy atom. The molecule has 7 nitrogen and oxygen atoms in total. The van der Waals surface area contributed by atoms with Gasteiger partial charge in [0.2, 0.25) is 5.88 Å². The molecule has 1 aliphatic heterocycles. The number of aromatic nitrogens is 6. The monoisotopic (exact) mass is 330 g/mol. The first kappa shape index (κ1) is 14.2. The summed E-state index contributed by atoms with van der Waals surface area (Å²) in [6, 6.07) is 3.61. The second-order valence-electron chi connectivity index (χ2n) is 5.68. The average molecular weight is 331 g/mol. The molecule has 0 aromatic carbocycles. The maximum absolute atomic E-state index is 5.95. The number of aromatic amines is 1. The van der Waals surface area contributed by atoms with Gasteiger partial charge in [0.1, 0.15) is 23.3 Å². The zero-order valence-electron chi connectivity index (χ0n) is 12.7. The van der Waals surface area contributed by atoms with Crippen molar-refractivity contribution in [2.75, 3.05) is 6.61 Å². The van der Waals surface area contributed by atoms with Crippen LogP contribution in [0, 0.1) is 0 Å². The van der Waals surface area contributed by atoms with Crippen LogP contribution in [0.4, 0.5) is 0 Å². The number of nitrogens with one attached hydrogen (secondary N) is 1. The summed E-state index contributed by atoms with van der Waals surface area (Å²) in [6.45, 7) is 5.30. The minimum Gasteiger partial charge on any atom is -0.475 e. The summed E-state index contributed by atoms with van der Waals surface area (Å²) in [5.74, 6) is 3.01. The number of halogens is 1. The van der Waals surface area contributed by atoms with Crippen LogP contribution in [0.3, 0.4) is 0 Å². The number of ether oxygens (including phenoxy) is 1. The van der Waals surface area contributed by atoms with E-state index in [1.54, 1.807) is 6.07 Å². The smallest absolute Gasteiger partial charge is 0.226 e. The van der Waals surface area contributed by atoms with E-state index in [4.69, 9.17) is 21.3 Å². The molecule has 0 fully saturated rings. The van der Waals surface area contributed by atoms with E-state index in [2.05, 4.69) is 34.0 Å². The number of nitrogens with zero attached hydrogens (tertiary/aromatic N) is 5. The van der Waals surface area contributed by atoms with Gasteiger partial charge in [-0.15, -0.1) is 0 Å². The van der Waals surface area contributed by atoms with Gasteiger partial charge in [-0.1, -0.05) is 25.4 Å². The van der Waals surface area contributed by atoms with E-state index < -0.39 is 0 Å². The SMILES string of the molecule is CC(C)c1n[nH]c(-c2cn3c(n2)-c2ccc(Cl)nc2OCC3)n1. The van der Waals surface area contributed by atoms with Crippen LogP contribution in [0.2, 0.25) is 5.15 Å². The Labute approximate surface area is 137 Å². The summed E-state index contributed by atoms with van der Waals surface area (Å²) in [6.07, 6.45) is 1.95. The van der Waals surface area contributed by atoms with Gasteiger partial charge in [-0.2, -0.15) is 5.10 Å². The number of rotatable bonds is 2. The molecule has 1 N–H and O–H groups in total. The van der Waals surface area contributed by atoms with Crippen LogP contribution in [0.25, 0.3) is 22.9 Å². The summed E-state index contributed by atoms with van der Waals surface area (Å²) in [7, 11) is 0. The Bertz CT molecular complexity index is 869. The summed E-state index contributed by atoms with van der Waals surface area (Å²) in [5, 5.41) is 7.59. The molecule has 0 unspecified atom stereocenters. The van der Waals surface area contributed by atoms with Gasteiger partial charge >= 0.3 is 0 Å². The molecule has 4 heterocycles. The predicted octanol–water partition coefficient (Wildman–Crippen LogP) is 2.90.